The largest absolute Gasteiger partial charge is 0.504 e. The monoisotopic (exact) mass is 334 g/mol. The van der Waals surface area contributed by atoms with Gasteiger partial charge in [-0.3, -0.25) is 4.90 Å². The molecule has 0 bridgehead atoms. The van der Waals surface area contributed by atoms with E-state index in [-0.39, 0.29) is 5.75 Å². The molecule has 5 heteroatoms. The summed E-state index contributed by atoms with van der Waals surface area (Å²) in [6.45, 7) is 5.87. The van der Waals surface area contributed by atoms with Crippen molar-refractivity contribution in [3.05, 3.63) is 45.6 Å². The maximum Gasteiger partial charge on any atom is 0.160 e. The van der Waals surface area contributed by atoms with Gasteiger partial charge in [0.15, 0.2) is 11.5 Å². The van der Waals surface area contributed by atoms with Crippen molar-refractivity contribution in [2.24, 2.45) is 0 Å². The van der Waals surface area contributed by atoms with E-state index < -0.39 is 0 Å². The van der Waals surface area contributed by atoms with E-state index in [9.17, 15) is 5.11 Å². The molecule has 0 aliphatic heterocycles. The Kier molecular flexibility index (Phi) is 6.45. The van der Waals surface area contributed by atoms with Crippen molar-refractivity contribution < 1.29 is 9.84 Å². The minimum atomic E-state index is 0.199. The van der Waals surface area contributed by atoms with Crippen LogP contribution in [0.2, 0.25) is 0 Å². The predicted molar refractivity (Wildman–Crippen MR) is 96.4 cm³/mol. The fourth-order valence-electron chi connectivity index (χ4n) is 2.44. The van der Waals surface area contributed by atoms with Crippen LogP contribution in [0.1, 0.15) is 15.3 Å². The van der Waals surface area contributed by atoms with Crippen LogP contribution < -0.4 is 4.74 Å². The molecule has 0 atom stereocenters. The molecule has 1 aromatic carbocycles. The molecule has 0 amide bonds. The highest BCUT2D eigenvalue weighted by atomic mass is 32.1. The Bertz CT molecular complexity index is 625. The van der Waals surface area contributed by atoms with E-state index in [1.807, 2.05) is 23.5 Å². The molecule has 4 nitrogen and oxygen atoms in total. The SMILES string of the molecule is COc1ccc(CN(CCN(C)C)Cc2ccc(C)s2)cc1O. The number of nitrogens with zero attached hydrogens (tertiary/aromatic N) is 2. The average Bonchev–Trinajstić information content (AvgIpc) is 2.90. The van der Waals surface area contributed by atoms with Crippen LogP contribution in [-0.4, -0.2) is 49.2 Å². The van der Waals surface area contributed by atoms with Gasteiger partial charge in [-0.15, -0.1) is 11.3 Å². The van der Waals surface area contributed by atoms with E-state index in [4.69, 9.17) is 4.74 Å². The van der Waals surface area contributed by atoms with Crippen LogP contribution >= 0.6 is 11.3 Å². The Morgan fingerprint density at radius 1 is 1.09 bits per heavy atom. The van der Waals surface area contributed by atoms with Crippen LogP contribution in [0.3, 0.4) is 0 Å². The molecule has 0 unspecified atom stereocenters. The lowest BCUT2D eigenvalue weighted by Crippen LogP contribution is -2.30. The number of hydrogen-bond acceptors (Lipinski definition) is 5. The molecule has 1 aromatic heterocycles. The first-order valence-corrected chi connectivity index (χ1v) is 8.58. The number of hydrogen-bond donors (Lipinski definition) is 1. The Hall–Kier alpha value is -1.56. The van der Waals surface area contributed by atoms with E-state index in [0.717, 1.165) is 31.7 Å². The molecule has 23 heavy (non-hydrogen) atoms. The summed E-state index contributed by atoms with van der Waals surface area (Å²) in [5.74, 6) is 0.715. The lowest BCUT2D eigenvalue weighted by molar-refractivity contribution is 0.227. The summed E-state index contributed by atoms with van der Waals surface area (Å²) in [4.78, 5) is 7.32. The third-order valence-corrected chi connectivity index (χ3v) is 4.67. The lowest BCUT2D eigenvalue weighted by Gasteiger charge is -2.24. The smallest absolute Gasteiger partial charge is 0.160 e. The minimum absolute atomic E-state index is 0.199. The van der Waals surface area contributed by atoms with Crippen molar-refractivity contribution in [3.63, 3.8) is 0 Å². The highest BCUT2D eigenvalue weighted by Crippen LogP contribution is 2.27. The summed E-state index contributed by atoms with van der Waals surface area (Å²) >= 11 is 1.85. The fraction of sp³-hybridized carbons (Fsp3) is 0.444. The highest BCUT2D eigenvalue weighted by Gasteiger charge is 2.11. The Labute approximate surface area is 142 Å². The Balaban J connectivity index is 2.08. The number of ether oxygens (including phenoxy) is 1. The van der Waals surface area contributed by atoms with Crippen molar-refractivity contribution >= 4 is 11.3 Å². The zero-order valence-corrected chi connectivity index (χ0v) is 15.2. The number of phenolic OH excluding ortho intramolecular Hbond substituents is 1. The third-order valence-electron chi connectivity index (χ3n) is 3.69. The summed E-state index contributed by atoms with van der Waals surface area (Å²) in [6, 6.07) is 10.0. The van der Waals surface area contributed by atoms with Gasteiger partial charge in [0.25, 0.3) is 0 Å². The van der Waals surface area contributed by atoms with E-state index in [2.05, 4.69) is 43.0 Å². The van der Waals surface area contributed by atoms with Gasteiger partial charge in [0, 0.05) is 35.9 Å². The van der Waals surface area contributed by atoms with Gasteiger partial charge < -0.3 is 14.7 Å². The molecule has 0 fully saturated rings. The zero-order valence-electron chi connectivity index (χ0n) is 14.4. The normalized spacial score (nSPS) is 11.4. The van der Waals surface area contributed by atoms with Crippen LogP contribution in [0.4, 0.5) is 0 Å². The molecule has 2 rings (SSSR count). The van der Waals surface area contributed by atoms with Gasteiger partial charge in [-0.2, -0.15) is 0 Å². The second-order valence-electron chi connectivity index (χ2n) is 6.03. The number of rotatable bonds is 8. The fourth-order valence-corrected chi connectivity index (χ4v) is 3.37. The van der Waals surface area contributed by atoms with E-state index >= 15 is 0 Å². The molecule has 2 aromatic rings. The Morgan fingerprint density at radius 2 is 1.87 bits per heavy atom. The highest BCUT2D eigenvalue weighted by molar-refractivity contribution is 7.11. The molecule has 0 aliphatic rings. The lowest BCUT2D eigenvalue weighted by atomic mass is 10.2. The molecular formula is C18H26N2O2S. The van der Waals surface area contributed by atoms with Crippen molar-refractivity contribution in [1.29, 1.82) is 0 Å². The van der Waals surface area contributed by atoms with Crippen LogP contribution in [-0.2, 0) is 13.1 Å². The summed E-state index contributed by atoms with van der Waals surface area (Å²) in [6.07, 6.45) is 0. The maximum atomic E-state index is 9.97. The molecule has 0 saturated heterocycles. The number of likely N-dealkylation sites (N-methyl/N-ethyl adjacent to an activating group) is 1. The van der Waals surface area contributed by atoms with Crippen molar-refractivity contribution in [2.45, 2.75) is 20.0 Å². The van der Waals surface area contributed by atoms with E-state index in [1.54, 1.807) is 13.2 Å². The third kappa shape index (κ3) is 5.53. The molecule has 126 valence electrons. The second-order valence-corrected chi connectivity index (χ2v) is 7.40. The number of thiophene rings is 1. The molecule has 0 saturated carbocycles. The van der Waals surface area contributed by atoms with Crippen LogP contribution in [0.5, 0.6) is 11.5 Å². The first-order valence-electron chi connectivity index (χ1n) is 7.76. The van der Waals surface area contributed by atoms with Gasteiger partial charge >= 0.3 is 0 Å². The molecule has 0 aliphatic carbocycles. The van der Waals surface area contributed by atoms with Gasteiger partial charge in [0.2, 0.25) is 0 Å². The van der Waals surface area contributed by atoms with E-state index in [0.29, 0.717) is 5.75 Å². The van der Waals surface area contributed by atoms with E-state index in [1.165, 1.54) is 9.75 Å². The molecular weight excluding hydrogens is 308 g/mol. The van der Waals surface area contributed by atoms with Crippen molar-refractivity contribution in [2.75, 3.05) is 34.3 Å². The maximum absolute atomic E-state index is 9.97. The standard InChI is InChI=1S/C18H26N2O2S/c1-14-5-7-16(23-14)13-20(10-9-19(2)3)12-15-6-8-18(22-4)17(21)11-15/h5-8,11,21H,9-10,12-13H2,1-4H3. The molecule has 0 spiro atoms. The molecule has 1 heterocycles. The zero-order chi connectivity index (χ0) is 16.8. The Morgan fingerprint density at radius 3 is 2.43 bits per heavy atom. The van der Waals surface area contributed by atoms with Gasteiger partial charge in [0.05, 0.1) is 7.11 Å². The number of phenols is 1. The molecule has 1 N–H and O–H groups in total. The van der Waals surface area contributed by atoms with Crippen molar-refractivity contribution in [3.8, 4) is 11.5 Å². The van der Waals surface area contributed by atoms with Gasteiger partial charge in [-0.05, 0) is 50.8 Å². The number of aryl methyl sites for hydroxylation is 1. The summed E-state index contributed by atoms with van der Waals surface area (Å²) in [7, 11) is 5.75. The predicted octanol–water partition coefficient (Wildman–Crippen LogP) is 3.33. The van der Waals surface area contributed by atoms with Crippen LogP contribution in [0.25, 0.3) is 0 Å². The first-order chi connectivity index (χ1) is 11.0. The second kappa shape index (κ2) is 8.34. The first kappa shape index (κ1) is 17.8. The van der Waals surface area contributed by atoms with Gasteiger partial charge in [-0.25, -0.2) is 0 Å². The van der Waals surface area contributed by atoms with Crippen LogP contribution in [0.15, 0.2) is 30.3 Å². The van der Waals surface area contributed by atoms with Gasteiger partial charge in [0.1, 0.15) is 0 Å². The average molecular weight is 334 g/mol. The summed E-state index contributed by atoms with van der Waals surface area (Å²) in [5, 5.41) is 9.97. The van der Waals surface area contributed by atoms with Gasteiger partial charge in [-0.1, -0.05) is 6.07 Å². The topological polar surface area (TPSA) is 35.9 Å². The molecule has 0 radical (unpaired) electrons. The minimum Gasteiger partial charge on any atom is -0.504 e. The quantitative estimate of drug-likeness (QED) is 0.803. The summed E-state index contributed by atoms with van der Waals surface area (Å²) in [5.41, 5.74) is 1.09. The number of aromatic hydroxyl groups is 1. The van der Waals surface area contributed by atoms with Crippen LogP contribution in [0, 0.1) is 6.92 Å². The number of benzene rings is 1. The summed E-state index contributed by atoms with van der Waals surface area (Å²) < 4.78 is 5.11. The van der Waals surface area contributed by atoms with Crippen molar-refractivity contribution in [1.82, 2.24) is 9.80 Å². The number of methoxy groups -OCH3 is 1.